The van der Waals surface area contributed by atoms with E-state index in [0.717, 1.165) is 12.8 Å². The van der Waals surface area contributed by atoms with Crippen LogP contribution in [0.5, 0.6) is 0 Å². The summed E-state index contributed by atoms with van der Waals surface area (Å²) < 4.78 is 4.58. The van der Waals surface area contributed by atoms with E-state index in [1.807, 2.05) is 0 Å². The number of carbonyl (C=O) groups excluding carboxylic acids is 2. The molecule has 1 aliphatic carbocycles. The fourth-order valence-electron chi connectivity index (χ4n) is 1.44. The number of hydrogen-bond acceptors (Lipinski definition) is 5. The summed E-state index contributed by atoms with van der Waals surface area (Å²) in [6.07, 6.45) is 1.77. The topological polar surface area (TPSA) is 87.7 Å². The van der Waals surface area contributed by atoms with Crippen LogP contribution in [-0.2, 0) is 14.3 Å². The highest BCUT2D eigenvalue weighted by molar-refractivity contribution is 5.83. The van der Waals surface area contributed by atoms with Crippen LogP contribution in [0.2, 0.25) is 0 Å². The molecule has 92 valence electrons. The van der Waals surface area contributed by atoms with Gasteiger partial charge in [0.15, 0.2) is 0 Å². The second-order valence-corrected chi connectivity index (χ2v) is 4.10. The van der Waals surface area contributed by atoms with Gasteiger partial charge in [0.05, 0.1) is 13.7 Å². The Morgan fingerprint density at radius 3 is 2.50 bits per heavy atom. The van der Waals surface area contributed by atoms with E-state index in [-0.39, 0.29) is 24.6 Å². The van der Waals surface area contributed by atoms with Gasteiger partial charge in [0.2, 0.25) is 5.91 Å². The van der Waals surface area contributed by atoms with Gasteiger partial charge in [0.1, 0.15) is 6.04 Å². The summed E-state index contributed by atoms with van der Waals surface area (Å²) in [5.41, 5.74) is -0.259. The first kappa shape index (κ1) is 12.9. The second-order valence-electron chi connectivity index (χ2n) is 4.10. The highest BCUT2D eigenvalue weighted by atomic mass is 16.5. The van der Waals surface area contributed by atoms with Gasteiger partial charge < -0.3 is 20.5 Å². The quantitative estimate of drug-likeness (QED) is 0.498. The number of carbonyl (C=O) groups is 2. The normalized spacial score (nSPS) is 18.7. The molecule has 1 saturated carbocycles. The molecule has 0 saturated heterocycles. The molecule has 6 heteroatoms. The summed E-state index contributed by atoms with van der Waals surface area (Å²) in [5.74, 6) is -0.775. The average Bonchev–Trinajstić information content (AvgIpc) is 3.03. The Labute approximate surface area is 94.3 Å². The molecule has 0 radical (unpaired) electrons. The molecule has 1 rings (SSSR count). The van der Waals surface area contributed by atoms with Crippen LogP contribution in [0.1, 0.15) is 19.8 Å². The fourth-order valence-corrected chi connectivity index (χ4v) is 1.44. The lowest BCUT2D eigenvalue weighted by Crippen LogP contribution is -2.50. The average molecular weight is 230 g/mol. The van der Waals surface area contributed by atoms with Gasteiger partial charge in [-0.15, -0.1) is 0 Å². The lowest BCUT2D eigenvalue weighted by Gasteiger charge is -2.20. The van der Waals surface area contributed by atoms with E-state index in [0.29, 0.717) is 0 Å². The third-order valence-electron chi connectivity index (χ3n) is 2.70. The molecule has 3 N–H and O–H groups in total. The van der Waals surface area contributed by atoms with Crippen molar-refractivity contribution in [3.63, 3.8) is 0 Å². The Hall–Kier alpha value is -1.14. The van der Waals surface area contributed by atoms with E-state index >= 15 is 0 Å². The maximum absolute atomic E-state index is 11.3. The van der Waals surface area contributed by atoms with Crippen LogP contribution >= 0.6 is 0 Å². The summed E-state index contributed by atoms with van der Waals surface area (Å²) in [4.78, 5) is 22.2. The van der Waals surface area contributed by atoms with Gasteiger partial charge in [-0.3, -0.25) is 4.79 Å². The third-order valence-corrected chi connectivity index (χ3v) is 2.70. The number of esters is 1. The Balaban J connectivity index is 2.43. The minimum absolute atomic E-state index is 0.0426. The van der Waals surface area contributed by atoms with Gasteiger partial charge in [0, 0.05) is 19.0 Å². The minimum Gasteiger partial charge on any atom is -0.467 e. The van der Waals surface area contributed by atoms with Crippen molar-refractivity contribution >= 4 is 11.9 Å². The molecule has 0 aromatic carbocycles. The van der Waals surface area contributed by atoms with E-state index in [1.54, 1.807) is 0 Å². The zero-order chi connectivity index (χ0) is 12.2. The first-order valence-electron chi connectivity index (χ1n) is 5.24. The Kier molecular flexibility index (Phi) is 4.26. The Morgan fingerprint density at radius 1 is 1.50 bits per heavy atom. The molecule has 0 heterocycles. The van der Waals surface area contributed by atoms with Crippen LogP contribution < -0.4 is 10.6 Å². The van der Waals surface area contributed by atoms with E-state index in [4.69, 9.17) is 5.11 Å². The van der Waals surface area contributed by atoms with Crippen molar-refractivity contribution in [2.75, 3.05) is 20.3 Å². The van der Waals surface area contributed by atoms with Gasteiger partial charge in [-0.2, -0.15) is 0 Å². The smallest absolute Gasteiger partial charge is 0.329 e. The molecule has 1 atom stereocenters. The predicted octanol–water partition coefficient (Wildman–Crippen LogP) is -1.22. The highest BCUT2D eigenvalue weighted by Crippen LogP contribution is 2.34. The maximum Gasteiger partial charge on any atom is 0.329 e. The molecule has 16 heavy (non-hydrogen) atoms. The van der Waals surface area contributed by atoms with E-state index < -0.39 is 12.0 Å². The number of aliphatic hydroxyl groups excluding tert-OH is 1. The van der Waals surface area contributed by atoms with Crippen molar-refractivity contribution in [1.82, 2.24) is 10.6 Å². The number of hydrogen-bond donors (Lipinski definition) is 3. The van der Waals surface area contributed by atoms with E-state index in [2.05, 4.69) is 15.4 Å². The Bertz CT molecular complexity index is 276. The SMILES string of the molecule is COC(=O)C(CNC1(CO)CC1)NC(C)=O. The summed E-state index contributed by atoms with van der Waals surface area (Å²) in [6.45, 7) is 1.66. The number of methoxy groups -OCH3 is 1. The monoisotopic (exact) mass is 230 g/mol. The van der Waals surface area contributed by atoms with Crippen molar-refractivity contribution in [3.8, 4) is 0 Å². The van der Waals surface area contributed by atoms with Crippen molar-refractivity contribution in [2.45, 2.75) is 31.3 Å². The first-order chi connectivity index (χ1) is 7.53. The summed E-state index contributed by atoms with van der Waals surface area (Å²) in [7, 11) is 1.27. The summed E-state index contributed by atoms with van der Waals surface area (Å²) in [5, 5.41) is 14.7. The molecule has 1 unspecified atom stereocenters. The molecule has 0 aliphatic heterocycles. The fraction of sp³-hybridized carbons (Fsp3) is 0.800. The molecule has 0 aromatic heterocycles. The first-order valence-corrected chi connectivity index (χ1v) is 5.24. The van der Waals surface area contributed by atoms with Gasteiger partial charge in [-0.05, 0) is 12.8 Å². The molecule has 1 amide bonds. The van der Waals surface area contributed by atoms with Gasteiger partial charge in [0.25, 0.3) is 0 Å². The number of amides is 1. The van der Waals surface area contributed by atoms with Crippen LogP contribution in [0.25, 0.3) is 0 Å². The molecule has 1 aliphatic rings. The molecule has 6 nitrogen and oxygen atoms in total. The van der Waals surface area contributed by atoms with Crippen LogP contribution in [-0.4, -0.2) is 48.8 Å². The van der Waals surface area contributed by atoms with Crippen molar-refractivity contribution in [3.05, 3.63) is 0 Å². The van der Waals surface area contributed by atoms with E-state index in [9.17, 15) is 9.59 Å². The zero-order valence-corrected chi connectivity index (χ0v) is 9.58. The van der Waals surface area contributed by atoms with Gasteiger partial charge in [-0.1, -0.05) is 0 Å². The van der Waals surface area contributed by atoms with Gasteiger partial charge in [-0.25, -0.2) is 4.79 Å². The van der Waals surface area contributed by atoms with Crippen LogP contribution in [0.4, 0.5) is 0 Å². The molecular weight excluding hydrogens is 212 g/mol. The summed E-state index contributed by atoms with van der Waals surface area (Å²) in [6, 6.07) is -0.702. The van der Waals surface area contributed by atoms with Crippen LogP contribution in [0.15, 0.2) is 0 Å². The van der Waals surface area contributed by atoms with Crippen LogP contribution in [0.3, 0.4) is 0 Å². The molecule has 1 fully saturated rings. The second kappa shape index (κ2) is 5.27. The maximum atomic E-state index is 11.3. The molecular formula is C10H18N2O4. The molecule has 0 aromatic rings. The predicted molar refractivity (Wildman–Crippen MR) is 56.7 cm³/mol. The number of aliphatic hydroxyl groups is 1. The number of ether oxygens (including phenoxy) is 1. The Morgan fingerprint density at radius 2 is 2.12 bits per heavy atom. The summed E-state index contributed by atoms with van der Waals surface area (Å²) >= 11 is 0. The van der Waals surface area contributed by atoms with Crippen molar-refractivity contribution < 1.29 is 19.4 Å². The standard InChI is InChI=1S/C10H18N2O4/c1-7(14)12-8(9(15)16-2)5-11-10(6-13)3-4-10/h8,11,13H,3-6H2,1-2H3,(H,12,14). The number of nitrogens with one attached hydrogen (secondary N) is 2. The minimum atomic E-state index is -0.702. The largest absolute Gasteiger partial charge is 0.467 e. The third kappa shape index (κ3) is 3.46. The van der Waals surface area contributed by atoms with Crippen molar-refractivity contribution in [2.24, 2.45) is 0 Å². The zero-order valence-electron chi connectivity index (χ0n) is 9.58. The van der Waals surface area contributed by atoms with E-state index in [1.165, 1.54) is 14.0 Å². The van der Waals surface area contributed by atoms with Crippen molar-refractivity contribution in [1.29, 1.82) is 0 Å². The van der Waals surface area contributed by atoms with Crippen LogP contribution in [0, 0.1) is 0 Å². The molecule has 0 bridgehead atoms. The highest BCUT2D eigenvalue weighted by Gasteiger charge is 2.42. The van der Waals surface area contributed by atoms with Gasteiger partial charge >= 0.3 is 5.97 Å². The number of rotatable bonds is 6. The lowest BCUT2D eigenvalue weighted by atomic mass is 10.2. The lowest BCUT2D eigenvalue weighted by molar-refractivity contribution is -0.144. The molecule has 0 spiro atoms.